The van der Waals surface area contributed by atoms with Gasteiger partial charge in [-0.3, -0.25) is 4.79 Å². The second-order valence-electron chi connectivity index (χ2n) is 11.1. The molecule has 1 aliphatic carbocycles. The van der Waals surface area contributed by atoms with Gasteiger partial charge in [0.15, 0.2) is 5.82 Å². The molecule has 0 bridgehead atoms. The van der Waals surface area contributed by atoms with Gasteiger partial charge in [0, 0.05) is 61.8 Å². The molecule has 37 heavy (non-hydrogen) atoms. The van der Waals surface area contributed by atoms with Crippen molar-refractivity contribution < 1.29 is 14.3 Å². The molecule has 10 nitrogen and oxygen atoms in total. The molecule has 5 heterocycles. The van der Waals surface area contributed by atoms with Crippen LogP contribution in [0.15, 0.2) is 36.7 Å². The standard InChI is InChI=1S/C27H31N7O3/c1-26(2,3)37-25(36)34-12-10-33(11-13-34)21-5-4-17(15-29-21)23-28-9-6-19(32-23)20-14-18-22(31-20)27(7-8-27)16-30-24(18)35/h4-6,9,14-15,31H,7-8,10-13,16H2,1-3H3,(H,30,35). The second kappa shape index (κ2) is 8.57. The minimum atomic E-state index is -0.501. The summed E-state index contributed by atoms with van der Waals surface area (Å²) in [7, 11) is 0. The summed E-state index contributed by atoms with van der Waals surface area (Å²) in [6.07, 6.45) is 5.41. The van der Waals surface area contributed by atoms with Crippen LogP contribution in [0.5, 0.6) is 0 Å². The molecule has 2 amide bonds. The van der Waals surface area contributed by atoms with Crippen LogP contribution in [0.4, 0.5) is 10.6 Å². The first-order valence-corrected chi connectivity index (χ1v) is 12.8. The number of anilines is 1. The van der Waals surface area contributed by atoms with Gasteiger partial charge in [-0.05, 0) is 57.9 Å². The third-order valence-corrected chi connectivity index (χ3v) is 7.23. The van der Waals surface area contributed by atoms with E-state index in [0.717, 1.165) is 46.9 Å². The van der Waals surface area contributed by atoms with E-state index < -0.39 is 5.60 Å². The van der Waals surface area contributed by atoms with Gasteiger partial charge in [-0.25, -0.2) is 19.7 Å². The van der Waals surface area contributed by atoms with Gasteiger partial charge in [-0.2, -0.15) is 0 Å². The SMILES string of the molecule is CC(C)(C)OC(=O)N1CCN(c2ccc(-c3nccc(-c4cc5c([nH]4)C4(CC4)CNC5=O)n3)cn2)CC1. The summed E-state index contributed by atoms with van der Waals surface area (Å²) in [5, 5.41) is 3.01. The van der Waals surface area contributed by atoms with E-state index in [-0.39, 0.29) is 17.4 Å². The number of H-pyrrole nitrogens is 1. The summed E-state index contributed by atoms with van der Waals surface area (Å²) in [6.45, 7) is 8.86. The van der Waals surface area contributed by atoms with E-state index in [2.05, 4.69) is 25.2 Å². The Kier molecular flexibility index (Phi) is 5.43. The largest absolute Gasteiger partial charge is 0.444 e. The van der Waals surface area contributed by atoms with Crippen LogP contribution >= 0.6 is 0 Å². The average Bonchev–Trinajstić information content (AvgIpc) is 3.52. The molecule has 3 aliphatic rings. The van der Waals surface area contributed by atoms with Crippen LogP contribution in [0.3, 0.4) is 0 Å². The summed E-state index contributed by atoms with van der Waals surface area (Å²) in [5.41, 5.74) is 3.69. The first-order chi connectivity index (χ1) is 17.7. The third-order valence-electron chi connectivity index (χ3n) is 7.23. The van der Waals surface area contributed by atoms with Gasteiger partial charge in [0.1, 0.15) is 11.4 Å². The summed E-state index contributed by atoms with van der Waals surface area (Å²) >= 11 is 0. The van der Waals surface area contributed by atoms with E-state index in [4.69, 9.17) is 9.72 Å². The molecular weight excluding hydrogens is 470 g/mol. The first-order valence-electron chi connectivity index (χ1n) is 12.8. The quantitative estimate of drug-likeness (QED) is 0.565. The maximum atomic E-state index is 12.4. The van der Waals surface area contributed by atoms with E-state index >= 15 is 0 Å². The summed E-state index contributed by atoms with van der Waals surface area (Å²) in [4.78, 5) is 46.0. The van der Waals surface area contributed by atoms with E-state index in [1.54, 1.807) is 17.3 Å². The first kappa shape index (κ1) is 23.4. The normalized spacial score (nSPS) is 18.4. The molecule has 2 N–H and O–H groups in total. The molecule has 1 saturated heterocycles. The number of carbonyl (C=O) groups excluding carboxylic acids is 2. The monoisotopic (exact) mass is 501 g/mol. The number of hydrogen-bond acceptors (Lipinski definition) is 7. The van der Waals surface area contributed by atoms with E-state index in [9.17, 15) is 9.59 Å². The van der Waals surface area contributed by atoms with Crippen LogP contribution in [0, 0.1) is 0 Å². The van der Waals surface area contributed by atoms with Gasteiger partial charge in [0.05, 0.1) is 17.0 Å². The maximum Gasteiger partial charge on any atom is 0.410 e. The molecule has 192 valence electrons. The van der Waals surface area contributed by atoms with Gasteiger partial charge in [0.25, 0.3) is 5.91 Å². The predicted molar refractivity (Wildman–Crippen MR) is 138 cm³/mol. The molecule has 0 radical (unpaired) electrons. The Balaban J connectivity index is 1.15. The van der Waals surface area contributed by atoms with Crippen molar-refractivity contribution in [1.29, 1.82) is 0 Å². The Morgan fingerprint density at radius 2 is 1.86 bits per heavy atom. The molecule has 2 aliphatic heterocycles. The molecule has 1 spiro atoms. The van der Waals surface area contributed by atoms with Crippen molar-refractivity contribution in [3.8, 4) is 22.8 Å². The predicted octanol–water partition coefficient (Wildman–Crippen LogP) is 3.37. The lowest BCUT2D eigenvalue weighted by Crippen LogP contribution is -2.50. The Bertz CT molecular complexity index is 1350. The van der Waals surface area contributed by atoms with Crippen LogP contribution in [0.2, 0.25) is 0 Å². The summed E-state index contributed by atoms with van der Waals surface area (Å²) < 4.78 is 5.48. The van der Waals surface area contributed by atoms with Gasteiger partial charge >= 0.3 is 6.09 Å². The van der Waals surface area contributed by atoms with Crippen LogP contribution in [-0.4, -0.2) is 75.2 Å². The number of aromatic amines is 1. The second-order valence-corrected chi connectivity index (χ2v) is 11.1. The number of nitrogens with zero attached hydrogens (tertiary/aromatic N) is 5. The highest BCUT2D eigenvalue weighted by atomic mass is 16.6. The van der Waals surface area contributed by atoms with Gasteiger partial charge in [-0.15, -0.1) is 0 Å². The minimum absolute atomic E-state index is 0.0315. The zero-order valence-corrected chi connectivity index (χ0v) is 21.4. The molecule has 1 saturated carbocycles. The average molecular weight is 502 g/mol. The lowest BCUT2D eigenvalue weighted by molar-refractivity contribution is 0.0240. The number of ether oxygens (including phenoxy) is 1. The molecule has 0 aromatic carbocycles. The number of fused-ring (bicyclic) bond motifs is 2. The van der Waals surface area contributed by atoms with E-state index in [0.29, 0.717) is 38.5 Å². The number of aromatic nitrogens is 4. The zero-order chi connectivity index (χ0) is 25.8. The fourth-order valence-corrected chi connectivity index (χ4v) is 5.00. The smallest absolute Gasteiger partial charge is 0.410 e. The zero-order valence-electron chi connectivity index (χ0n) is 21.4. The topological polar surface area (TPSA) is 116 Å². The molecule has 3 aromatic heterocycles. The van der Waals surface area contributed by atoms with Crippen molar-refractivity contribution in [2.24, 2.45) is 0 Å². The number of rotatable bonds is 3. The number of carbonyl (C=O) groups is 2. The van der Waals surface area contributed by atoms with Crippen LogP contribution in [0.25, 0.3) is 22.8 Å². The molecular formula is C27H31N7O3. The van der Waals surface area contributed by atoms with E-state index in [1.165, 1.54) is 0 Å². The van der Waals surface area contributed by atoms with E-state index in [1.807, 2.05) is 45.0 Å². The Morgan fingerprint density at radius 1 is 1.08 bits per heavy atom. The highest BCUT2D eigenvalue weighted by molar-refractivity contribution is 5.98. The lowest BCUT2D eigenvalue weighted by atomic mass is 9.95. The van der Waals surface area contributed by atoms with Crippen molar-refractivity contribution in [2.75, 3.05) is 37.6 Å². The van der Waals surface area contributed by atoms with Crippen molar-refractivity contribution in [2.45, 2.75) is 44.6 Å². The van der Waals surface area contributed by atoms with Crippen molar-refractivity contribution in [3.63, 3.8) is 0 Å². The van der Waals surface area contributed by atoms with Crippen LogP contribution in [-0.2, 0) is 10.2 Å². The Morgan fingerprint density at radius 3 is 2.54 bits per heavy atom. The molecule has 0 unspecified atom stereocenters. The Labute approximate surface area is 215 Å². The Hall–Kier alpha value is -3.95. The maximum absolute atomic E-state index is 12.4. The molecule has 0 atom stereocenters. The summed E-state index contributed by atoms with van der Waals surface area (Å²) in [6, 6.07) is 7.68. The molecule has 3 aromatic rings. The fraction of sp³-hybridized carbons (Fsp3) is 0.444. The fourth-order valence-electron chi connectivity index (χ4n) is 5.00. The molecule has 10 heteroatoms. The number of hydrogen-bond donors (Lipinski definition) is 2. The number of nitrogens with one attached hydrogen (secondary N) is 2. The number of pyridine rings is 1. The number of piperazine rings is 1. The van der Waals surface area contributed by atoms with Crippen molar-refractivity contribution in [3.05, 3.63) is 47.9 Å². The molecule has 6 rings (SSSR count). The van der Waals surface area contributed by atoms with Gasteiger partial charge in [0.2, 0.25) is 0 Å². The minimum Gasteiger partial charge on any atom is -0.444 e. The van der Waals surface area contributed by atoms with Gasteiger partial charge < -0.3 is 24.8 Å². The van der Waals surface area contributed by atoms with Crippen LogP contribution < -0.4 is 10.2 Å². The molecule has 2 fully saturated rings. The highest BCUT2D eigenvalue weighted by Gasteiger charge is 2.50. The van der Waals surface area contributed by atoms with Crippen LogP contribution in [0.1, 0.15) is 49.7 Å². The van der Waals surface area contributed by atoms with Crippen molar-refractivity contribution in [1.82, 2.24) is 30.2 Å². The lowest BCUT2D eigenvalue weighted by Gasteiger charge is -2.36. The number of amides is 2. The third kappa shape index (κ3) is 4.52. The van der Waals surface area contributed by atoms with Crippen molar-refractivity contribution >= 4 is 17.8 Å². The highest BCUT2D eigenvalue weighted by Crippen LogP contribution is 2.50. The van der Waals surface area contributed by atoms with Gasteiger partial charge in [-0.1, -0.05) is 0 Å². The summed E-state index contributed by atoms with van der Waals surface area (Å²) in [5.74, 6) is 1.39.